The summed E-state index contributed by atoms with van der Waals surface area (Å²) < 4.78 is 13.5. The number of nitrogens with zero attached hydrogens (tertiary/aromatic N) is 1. The van der Waals surface area contributed by atoms with Crippen LogP contribution in [0.2, 0.25) is 0 Å². The van der Waals surface area contributed by atoms with Crippen LogP contribution in [-0.2, 0) is 0 Å². The lowest BCUT2D eigenvalue weighted by molar-refractivity contribution is -0.390. The Morgan fingerprint density at radius 2 is 2.23 bits per heavy atom. The molecule has 0 heterocycles. The molecule has 0 radical (unpaired) electrons. The molecule has 1 rings (SSSR count). The van der Waals surface area contributed by atoms with Gasteiger partial charge in [0, 0.05) is 4.47 Å². The number of nitro benzene ring substituents is 1. The normalized spacial score (nSPS) is 10.1. The van der Waals surface area contributed by atoms with E-state index in [0.717, 1.165) is 17.8 Å². The van der Waals surface area contributed by atoms with E-state index in [1.54, 1.807) is 6.26 Å². The van der Waals surface area contributed by atoms with Crippen LogP contribution in [-0.4, -0.2) is 11.2 Å². The highest BCUT2D eigenvalue weighted by atomic mass is 79.9. The maximum atomic E-state index is 13.0. The molecule has 0 spiro atoms. The van der Waals surface area contributed by atoms with E-state index in [1.807, 2.05) is 0 Å². The van der Waals surface area contributed by atoms with E-state index >= 15 is 0 Å². The lowest BCUT2D eigenvalue weighted by atomic mass is 10.3. The summed E-state index contributed by atoms with van der Waals surface area (Å²) in [6, 6.07) is 2.52. The van der Waals surface area contributed by atoms with Gasteiger partial charge in [0.2, 0.25) is 5.82 Å². The van der Waals surface area contributed by atoms with Gasteiger partial charge < -0.3 is 0 Å². The second kappa shape index (κ2) is 4.06. The number of hydrogen-bond donors (Lipinski definition) is 0. The van der Waals surface area contributed by atoms with Crippen LogP contribution in [0.5, 0.6) is 0 Å². The van der Waals surface area contributed by atoms with Crippen LogP contribution in [0.3, 0.4) is 0 Å². The van der Waals surface area contributed by atoms with E-state index in [1.165, 1.54) is 6.07 Å². The van der Waals surface area contributed by atoms with E-state index in [9.17, 15) is 14.5 Å². The second-order valence-corrected chi connectivity index (χ2v) is 3.84. The second-order valence-electron chi connectivity index (χ2n) is 2.17. The fourth-order valence-electron chi connectivity index (χ4n) is 0.887. The molecule has 1 aromatic carbocycles. The van der Waals surface area contributed by atoms with Crippen LogP contribution in [0.15, 0.2) is 21.5 Å². The summed E-state index contributed by atoms with van der Waals surface area (Å²) in [7, 11) is 0. The highest BCUT2D eigenvalue weighted by Gasteiger charge is 2.21. The van der Waals surface area contributed by atoms with Crippen molar-refractivity contribution in [3.8, 4) is 0 Å². The predicted molar refractivity (Wildman–Crippen MR) is 52.5 cm³/mol. The van der Waals surface area contributed by atoms with E-state index in [4.69, 9.17) is 0 Å². The van der Waals surface area contributed by atoms with Gasteiger partial charge in [0.15, 0.2) is 0 Å². The predicted octanol–water partition coefficient (Wildman–Crippen LogP) is 3.22. The fraction of sp³-hybridized carbons (Fsp3) is 0.143. The van der Waals surface area contributed by atoms with Gasteiger partial charge in [-0.05, 0) is 34.3 Å². The quantitative estimate of drug-likeness (QED) is 0.469. The lowest BCUT2D eigenvalue weighted by Crippen LogP contribution is -1.95. The fourth-order valence-corrected chi connectivity index (χ4v) is 2.32. The molecule has 70 valence electrons. The Bertz CT molecular complexity index is 359. The van der Waals surface area contributed by atoms with Crippen molar-refractivity contribution in [2.45, 2.75) is 4.90 Å². The average Bonchev–Trinajstić information content (AvgIpc) is 2.07. The summed E-state index contributed by atoms with van der Waals surface area (Å²) in [5.74, 6) is -0.808. The molecule has 0 saturated carbocycles. The van der Waals surface area contributed by atoms with E-state index < -0.39 is 16.4 Å². The maximum absolute atomic E-state index is 13.0. The molecule has 0 aliphatic heterocycles. The summed E-state index contributed by atoms with van der Waals surface area (Å²) in [4.78, 5) is 10.1. The summed E-state index contributed by atoms with van der Waals surface area (Å²) >= 11 is 4.25. The van der Waals surface area contributed by atoms with Gasteiger partial charge >= 0.3 is 5.69 Å². The van der Waals surface area contributed by atoms with Crippen molar-refractivity contribution >= 4 is 33.4 Å². The number of hydrogen-bond acceptors (Lipinski definition) is 3. The first-order valence-electron chi connectivity index (χ1n) is 3.24. The molecule has 0 aliphatic rings. The minimum absolute atomic E-state index is 0.310. The Kier molecular flexibility index (Phi) is 3.27. The Balaban J connectivity index is 3.43. The van der Waals surface area contributed by atoms with Crippen molar-refractivity contribution in [1.29, 1.82) is 0 Å². The molecular weight excluding hydrogens is 261 g/mol. The van der Waals surface area contributed by atoms with Crippen molar-refractivity contribution in [1.82, 2.24) is 0 Å². The SMILES string of the molecule is CSc1c(Br)ccc(F)c1[N+](=O)[O-]. The molecule has 0 unspecified atom stereocenters. The van der Waals surface area contributed by atoms with Gasteiger partial charge in [0.05, 0.1) is 4.92 Å². The third kappa shape index (κ3) is 2.00. The van der Waals surface area contributed by atoms with Crippen LogP contribution in [0.1, 0.15) is 0 Å². The molecule has 13 heavy (non-hydrogen) atoms. The zero-order valence-electron chi connectivity index (χ0n) is 6.58. The standard InChI is InChI=1S/C7H5BrFNO2S/c1-13-7-4(8)2-3-5(9)6(7)10(11)12/h2-3H,1H3. The van der Waals surface area contributed by atoms with Crippen molar-refractivity contribution in [3.63, 3.8) is 0 Å². The number of halogens is 2. The molecule has 3 nitrogen and oxygen atoms in total. The molecule has 6 heteroatoms. The van der Waals surface area contributed by atoms with E-state index in [0.29, 0.717) is 9.37 Å². The van der Waals surface area contributed by atoms with Crippen LogP contribution in [0.25, 0.3) is 0 Å². The molecule has 0 amide bonds. The Labute approximate surface area is 86.6 Å². The van der Waals surface area contributed by atoms with Gasteiger partial charge in [-0.3, -0.25) is 10.1 Å². The van der Waals surface area contributed by atoms with Gasteiger partial charge in [-0.25, -0.2) is 0 Å². The first-order chi connectivity index (χ1) is 6.07. The minimum atomic E-state index is -0.808. The first kappa shape index (κ1) is 10.5. The molecule has 0 atom stereocenters. The summed E-state index contributed by atoms with van der Waals surface area (Å²) in [5.41, 5.74) is -0.470. The lowest BCUT2D eigenvalue weighted by Gasteiger charge is -2.02. The zero-order chi connectivity index (χ0) is 10.0. The summed E-state index contributed by atoms with van der Waals surface area (Å²) in [5, 5.41) is 10.5. The summed E-state index contributed by atoms with van der Waals surface area (Å²) in [6.45, 7) is 0. The number of rotatable bonds is 2. The Morgan fingerprint density at radius 3 is 2.62 bits per heavy atom. The van der Waals surface area contributed by atoms with E-state index in [2.05, 4.69) is 15.9 Å². The molecule has 0 bridgehead atoms. The van der Waals surface area contributed by atoms with Crippen LogP contribution in [0.4, 0.5) is 10.1 Å². The highest BCUT2D eigenvalue weighted by Crippen LogP contribution is 2.36. The molecular formula is C7H5BrFNO2S. The van der Waals surface area contributed by atoms with Crippen LogP contribution in [0, 0.1) is 15.9 Å². The number of nitro groups is 1. The number of benzene rings is 1. The Morgan fingerprint density at radius 1 is 1.62 bits per heavy atom. The largest absolute Gasteiger partial charge is 0.319 e. The van der Waals surface area contributed by atoms with Gasteiger partial charge in [-0.15, -0.1) is 11.8 Å². The van der Waals surface area contributed by atoms with Gasteiger partial charge in [0.1, 0.15) is 4.90 Å². The molecule has 0 fully saturated rings. The van der Waals surface area contributed by atoms with Gasteiger partial charge in [-0.2, -0.15) is 4.39 Å². The third-order valence-electron chi connectivity index (χ3n) is 1.42. The van der Waals surface area contributed by atoms with Gasteiger partial charge in [-0.1, -0.05) is 0 Å². The Hall–Kier alpha value is -0.620. The van der Waals surface area contributed by atoms with Crippen molar-refractivity contribution < 1.29 is 9.31 Å². The smallest absolute Gasteiger partial charge is 0.258 e. The third-order valence-corrected chi connectivity index (χ3v) is 3.17. The van der Waals surface area contributed by atoms with Crippen molar-refractivity contribution in [2.24, 2.45) is 0 Å². The monoisotopic (exact) mass is 265 g/mol. The molecule has 1 aromatic rings. The maximum Gasteiger partial charge on any atom is 0.319 e. The van der Waals surface area contributed by atoms with Gasteiger partial charge in [0.25, 0.3) is 0 Å². The molecule has 0 aromatic heterocycles. The first-order valence-corrected chi connectivity index (χ1v) is 5.26. The average molecular weight is 266 g/mol. The summed E-state index contributed by atoms with van der Waals surface area (Å²) in [6.07, 6.45) is 1.66. The minimum Gasteiger partial charge on any atom is -0.258 e. The molecule has 0 saturated heterocycles. The van der Waals surface area contributed by atoms with Crippen molar-refractivity contribution in [2.75, 3.05) is 6.26 Å². The van der Waals surface area contributed by atoms with Crippen molar-refractivity contribution in [3.05, 3.63) is 32.5 Å². The van der Waals surface area contributed by atoms with Crippen LogP contribution < -0.4 is 0 Å². The molecule has 0 aliphatic carbocycles. The highest BCUT2D eigenvalue weighted by molar-refractivity contribution is 9.10. The topological polar surface area (TPSA) is 43.1 Å². The molecule has 0 N–H and O–H groups in total. The number of thioether (sulfide) groups is 1. The van der Waals surface area contributed by atoms with Crippen LogP contribution >= 0.6 is 27.7 Å². The van der Waals surface area contributed by atoms with E-state index in [-0.39, 0.29) is 0 Å². The zero-order valence-corrected chi connectivity index (χ0v) is 8.99.